The highest BCUT2D eigenvalue weighted by molar-refractivity contribution is 6.26. The molecule has 0 spiro atoms. The van der Waals surface area contributed by atoms with Crippen LogP contribution in [0.4, 0.5) is 17.6 Å². The van der Waals surface area contributed by atoms with Crippen LogP contribution in [-0.2, 0) is 27.3 Å². The molecular weight excluding hydrogens is 712 g/mol. The van der Waals surface area contributed by atoms with Crippen LogP contribution in [0.3, 0.4) is 0 Å². The number of hydrogen-bond acceptors (Lipinski definition) is 6. The van der Waals surface area contributed by atoms with Crippen LogP contribution in [-0.4, -0.2) is 54.7 Å². The maximum Gasteiger partial charge on any atom is 0.340 e. The van der Waals surface area contributed by atoms with E-state index < -0.39 is 24.9 Å². The number of nitrogens with zero attached hydrogens (tertiary/aromatic N) is 2. The molecule has 286 valence electrons. The van der Waals surface area contributed by atoms with Gasteiger partial charge in [-0.25, -0.2) is 13.6 Å². The number of ether oxygens (including phenoxy) is 2. The number of alkyl halides is 4. The Hall–Kier alpha value is -5.55. The van der Waals surface area contributed by atoms with Gasteiger partial charge in [-0.15, -0.1) is 0 Å². The van der Waals surface area contributed by atoms with E-state index in [4.69, 9.17) is 9.47 Å². The summed E-state index contributed by atoms with van der Waals surface area (Å²) in [5.41, 5.74) is 7.78. The summed E-state index contributed by atoms with van der Waals surface area (Å²) in [6.45, 7) is 10.1. The van der Waals surface area contributed by atoms with E-state index in [0.717, 1.165) is 74.3 Å². The molecule has 55 heavy (non-hydrogen) atoms. The van der Waals surface area contributed by atoms with E-state index in [9.17, 15) is 27.2 Å². The van der Waals surface area contributed by atoms with Crippen LogP contribution in [0, 0.1) is 20.8 Å². The zero-order chi connectivity index (χ0) is 39.4. The predicted octanol–water partition coefficient (Wildman–Crippen LogP) is 10.3. The van der Waals surface area contributed by atoms with Gasteiger partial charge in [-0.1, -0.05) is 71.4 Å². The van der Waals surface area contributed by atoms with Crippen LogP contribution >= 0.6 is 0 Å². The van der Waals surface area contributed by atoms with Gasteiger partial charge in [-0.2, -0.15) is 8.78 Å². The molecule has 11 heteroatoms. The van der Waals surface area contributed by atoms with Gasteiger partial charge < -0.3 is 18.9 Å². The average Bonchev–Trinajstić information content (AvgIpc) is 3.77. The molecule has 1 saturated heterocycles. The Labute approximate surface area is 316 Å². The summed E-state index contributed by atoms with van der Waals surface area (Å²) in [5, 5.41) is 6.57. The molecule has 1 aromatic heterocycles. The number of rotatable bonds is 11. The molecule has 0 N–H and O–H groups in total. The number of carbonyl (C=O) groups excluding carboxylic acids is 2. The lowest BCUT2D eigenvalue weighted by Crippen LogP contribution is -2.33. The second-order valence-corrected chi connectivity index (χ2v) is 13.9. The minimum atomic E-state index is -4.26. The van der Waals surface area contributed by atoms with Gasteiger partial charge in [0, 0.05) is 66.0 Å². The largest absolute Gasteiger partial charge is 0.487 e. The lowest BCUT2D eigenvalue weighted by Gasteiger charge is -2.18. The summed E-state index contributed by atoms with van der Waals surface area (Å²) in [5.74, 6) is -4.60. The molecule has 1 aliphatic rings. The Morgan fingerprint density at radius 2 is 1.62 bits per heavy atom. The summed E-state index contributed by atoms with van der Waals surface area (Å²) in [4.78, 5) is 28.1. The number of aryl methyl sites for hydroxylation is 3. The Bertz CT molecular complexity index is 2370. The summed E-state index contributed by atoms with van der Waals surface area (Å²) >= 11 is 0. The van der Waals surface area contributed by atoms with Crippen molar-refractivity contribution in [3.8, 4) is 5.75 Å². The van der Waals surface area contributed by atoms with Crippen molar-refractivity contribution in [3.63, 3.8) is 0 Å². The summed E-state index contributed by atoms with van der Waals surface area (Å²) in [6.07, 6.45) is -1.47. The topological polar surface area (TPSA) is 79.1 Å². The number of para-hydroxylation sites is 1. The van der Waals surface area contributed by atoms with Gasteiger partial charge in [0.2, 0.25) is 0 Å². The monoisotopic (exact) mass is 754 g/mol. The highest BCUT2D eigenvalue weighted by atomic mass is 19.3. The second kappa shape index (κ2) is 16.4. The van der Waals surface area contributed by atoms with Gasteiger partial charge in [-0.05, 0) is 85.5 Å². The van der Waals surface area contributed by atoms with Gasteiger partial charge in [0.1, 0.15) is 5.75 Å². The number of hydrogen-bond donors (Lipinski definition) is 0. The first-order valence-electron chi connectivity index (χ1n) is 18.0. The van der Waals surface area contributed by atoms with Crippen LogP contribution in [0.2, 0.25) is 0 Å². The summed E-state index contributed by atoms with van der Waals surface area (Å²) in [6, 6.07) is 26.9. The van der Waals surface area contributed by atoms with E-state index in [1.165, 1.54) is 13.0 Å². The SMILES string of the molecule is C=NOC(C)=O.Cc1cc(C)c(C(=O)c2cc3c4cc(Cc5ccccc5OCC(F)(F)C(F)F)ccc4n(CC4CCCO4)c3c3ccccc23)c(C)c1. The third-order valence-corrected chi connectivity index (χ3v) is 9.79. The molecular formula is C44H42F4N2O5. The molecule has 7 rings (SSSR count). The molecule has 0 radical (unpaired) electrons. The van der Waals surface area contributed by atoms with Crippen LogP contribution in [0.25, 0.3) is 32.6 Å². The molecule has 1 aliphatic heterocycles. The first kappa shape index (κ1) is 39.2. The van der Waals surface area contributed by atoms with Gasteiger partial charge in [0.25, 0.3) is 0 Å². The Morgan fingerprint density at radius 3 is 2.25 bits per heavy atom. The van der Waals surface area contributed by atoms with Crippen molar-refractivity contribution in [2.75, 3.05) is 13.2 Å². The maximum atomic E-state index is 14.5. The number of oxime groups is 1. The molecule has 5 aromatic carbocycles. The molecule has 1 fully saturated rings. The predicted molar refractivity (Wildman–Crippen MR) is 207 cm³/mol. The number of fused-ring (bicyclic) bond motifs is 5. The van der Waals surface area contributed by atoms with Gasteiger partial charge in [-0.3, -0.25) is 4.79 Å². The third-order valence-electron chi connectivity index (χ3n) is 9.79. The third kappa shape index (κ3) is 8.42. The van der Waals surface area contributed by atoms with E-state index in [1.54, 1.807) is 18.2 Å². The highest BCUT2D eigenvalue weighted by Gasteiger charge is 2.42. The van der Waals surface area contributed by atoms with Gasteiger partial charge >= 0.3 is 18.3 Å². The molecule has 1 atom stereocenters. The minimum absolute atomic E-state index is 0.0315. The lowest BCUT2D eigenvalue weighted by atomic mass is 9.89. The van der Waals surface area contributed by atoms with Crippen molar-refractivity contribution >= 4 is 51.0 Å². The fourth-order valence-corrected chi connectivity index (χ4v) is 7.50. The quantitative estimate of drug-likeness (QED) is 0.0433. The highest BCUT2D eigenvalue weighted by Crippen LogP contribution is 2.39. The Kier molecular flexibility index (Phi) is 11.7. The fourth-order valence-electron chi connectivity index (χ4n) is 7.50. The standard InChI is InChI=1S/C41H37F4NO3.C3H5NO2/c1-24-17-25(2)37(26(3)18-24)39(47)34-21-33-32-20-27(19-28-9-4-7-13-36(28)49-23-41(44,45)40(42)43)14-15-35(32)46(22-29-10-8-16-48-29)38(33)31-12-6-5-11-30(31)34;1-3(5)6-4-2/h4-7,9,11-15,17-18,20-21,29,40H,8,10,16,19,22-23H2,1-3H3;2H2,1H3. The average molecular weight is 755 g/mol. The van der Waals surface area contributed by atoms with Gasteiger partial charge in [0.15, 0.2) is 12.4 Å². The van der Waals surface area contributed by atoms with Crippen molar-refractivity contribution in [2.45, 2.75) is 72.0 Å². The molecule has 6 aromatic rings. The van der Waals surface area contributed by atoms with Crippen molar-refractivity contribution in [3.05, 3.63) is 124 Å². The molecule has 0 bridgehead atoms. The number of halogens is 4. The van der Waals surface area contributed by atoms with Crippen LogP contribution < -0.4 is 4.74 Å². The molecule has 7 nitrogen and oxygen atoms in total. The van der Waals surface area contributed by atoms with Crippen molar-refractivity contribution in [1.82, 2.24) is 4.57 Å². The summed E-state index contributed by atoms with van der Waals surface area (Å²) in [7, 11) is 0. The maximum absolute atomic E-state index is 14.5. The Balaban J connectivity index is 0.000000794. The van der Waals surface area contributed by atoms with Crippen LogP contribution in [0.15, 0.2) is 90.1 Å². The lowest BCUT2D eigenvalue weighted by molar-refractivity contribution is -0.148. The van der Waals surface area contributed by atoms with E-state index in [2.05, 4.69) is 39.5 Å². The van der Waals surface area contributed by atoms with Crippen LogP contribution in [0.5, 0.6) is 5.75 Å². The smallest absolute Gasteiger partial charge is 0.340 e. The number of aromatic nitrogens is 1. The molecule has 1 unspecified atom stereocenters. The van der Waals surface area contributed by atoms with E-state index >= 15 is 0 Å². The minimum Gasteiger partial charge on any atom is -0.487 e. The van der Waals surface area contributed by atoms with Crippen molar-refractivity contribution in [2.24, 2.45) is 5.16 Å². The molecule has 0 amide bonds. The number of ketones is 1. The fraction of sp³-hybridized carbons (Fsp3) is 0.295. The Morgan fingerprint density at radius 1 is 0.927 bits per heavy atom. The number of carbonyl (C=O) groups is 2. The van der Waals surface area contributed by atoms with Gasteiger partial charge in [0.05, 0.1) is 11.6 Å². The zero-order valence-electron chi connectivity index (χ0n) is 31.1. The number of benzene rings is 5. The summed E-state index contributed by atoms with van der Waals surface area (Å²) < 4.78 is 66.7. The van der Waals surface area contributed by atoms with E-state index in [1.807, 2.05) is 63.2 Å². The zero-order valence-corrected chi connectivity index (χ0v) is 31.1. The first-order valence-corrected chi connectivity index (χ1v) is 18.0. The van der Waals surface area contributed by atoms with Crippen LogP contribution in [0.1, 0.15) is 63.5 Å². The molecule has 0 aliphatic carbocycles. The molecule has 2 heterocycles. The van der Waals surface area contributed by atoms with Crippen molar-refractivity contribution in [1.29, 1.82) is 0 Å². The van der Waals surface area contributed by atoms with Crippen molar-refractivity contribution < 1.29 is 41.5 Å². The van der Waals surface area contributed by atoms with E-state index in [-0.39, 0.29) is 17.6 Å². The first-order chi connectivity index (χ1) is 26.3. The van der Waals surface area contributed by atoms with E-state index in [0.29, 0.717) is 29.7 Å². The second-order valence-electron chi connectivity index (χ2n) is 13.9. The normalized spacial score (nSPS) is 14.3. The molecule has 0 saturated carbocycles.